The van der Waals surface area contributed by atoms with Crippen molar-refractivity contribution in [2.24, 2.45) is 0 Å². The second kappa shape index (κ2) is 12.4. The highest BCUT2D eigenvalue weighted by Gasteiger charge is 2.11. The first-order valence-electron chi connectivity index (χ1n) is 10.5. The van der Waals surface area contributed by atoms with Crippen LogP contribution in [0.1, 0.15) is 55.5 Å². The van der Waals surface area contributed by atoms with Gasteiger partial charge in [-0.05, 0) is 54.3 Å². The summed E-state index contributed by atoms with van der Waals surface area (Å²) in [4.78, 5) is 35.9. The molecule has 0 fully saturated rings. The van der Waals surface area contributed by atoms with Crippen molar-refractivity contribution in [2.45, 2.75) is 39.5 Å². The summed E-state index contributed by atoms with van der Waals surface area (Å²) in [7, 11) is 0. The smallest absolute Gasteiger partial charge is 0.325 e. The van der Waals surface area contributed by atoms with Gasteiger partial charge in [-0.15, -0.1) is 0 Å². The molecule has 0 aliphatic carbocycles. The van der Waals surface area contributed by atoms with E-state index in [0.717, 1.165) is 12.8 Å². The van der Waals surface area contributed by atoms with Crippen LogP contribution < -0.4 is 15.4 Å². The van der Waals surface area contributed by atoms with E-state index in [2.05, 4.69) is 31.4 Å². The average Bonchev–Trinajstić information content (AvgIpc) is 2.77. The summed E-state index contributed by atoms with van der Waals surface area (Å²) >= 11 is 0. The van der Waals surface area contributed by atoms with Crippen molar-refractivity contribution in [1.82, 2.24) is 5.32 Å². The molecule has 2 amide bonds. The quantitative estimate of drug-likeness (QED) is 0.420. The number of esters is 1. The number of carbonyl (C=O) groups excluding carboxylic acids is 3. The molecule has 0 radical (unpaired) electrons. The Hall–Kier alpha value is -3.35. The normalized spacial score (nSPS) is 10.5. The number of ether oxygens (including phenoxy) is 2. The second-order valence-electron chi connectivity index (χ2n) is 7.39. The van der Waals surface area contributed by atoms with Crippen molar-refractivity contribution < 1.29 is 23.9 Å². The molecule has 0 saturated carbocycles. The van der Waals surface area contributed by atoms with E-state index in [1.165, 1.54) is 5.56 Å². The molecule has 31 heavy (non-hydrogen) atoms. The summed E-state index contributed by atoms with van der Waals surface area (Å²) < 4.78 is 10.5. The zero-order chi connectivity index (χ0) is 22.6. The molecule has 2 rings (SSSR count). The zero-order valence-electron chi connectivity index (χ0n) is 18.3. The molecule has 0 saturated heterocycles. The summed E-state index contributed by atoms with van der Waals surface area (Å²) in [6.45, 7) is 6.13. The number of unbranched alkanes of at least 4 members (excludes halogenated alkanes) is 1. The van der Waals surface area contributed by atoms with Gasteiger partial charge in [-0.25, -0.2) is 0 Å². The van der Waals surface area contributed by atoms with Crippen molar-refractivity contribution in [1.29, 1.82) is 0 Å². The first-order valence-corrected chi connectivity index (χ1v) is 10.5. The van der Waals surface area contributed by atoms with Crippen LogP contribution in [-0.2, 0) is 14.3 Å². The lowest BCUT2D eigenvalue weighted by atomic mass is 10.0. The van der Waals surface area contributed by atoms with E-state index in [4.69, 9.17) is 9.47 Å². The standard InChI is InChI=1S/C24H30N2O5/c1-4-5-14-30-21-12-8-19(9-13-21)24(29)25-15-23(28)31-16-22(27)26-20-10-6-18(7-11-20)17(2)3/h6-13,17H,4-5,14-16H2,1-3H3,(H,25,29)(H,26,27). The molecule has 0 aliphatic rings. The van der Waals surface area contributed by atoms with Crippen LogP contribution >= 0.6 is 0 Å². The Bertz CT molecular complexity index is 861. The van der Waals surface area contributed by atoms with Crippen LogP contribution in [0, 0.1) is 0 Å². The maximum atomic E-state index is 12.1. The first-order chi connectivity index (χ1) is 14.9. The fourth-order valence-corrected chi connectivity index (χ4v) is 2.64. The van der Waals surface area contributed by atoms with Gasteiger partial charge in [0.1, 0.15) is 12.3 Å². The molecular formula is C24H30N2O5. The van der Waals surface area contributed by atoms with Gasteiger partial charge in [0.25, 0.3) is 11.8 Å². The molecule has 166 valence electrons. The number of hydrogen-bond acceptors (Lipinski definition) is 5. The predicted octanol–water partition coefficient (Wildman–Crippen LogP) is 3.90. The monoisotopic (exact) mass is 426 g/mol. The lowest BCUT2D eigenvalue weighted by Gasteiger charge is -2.09. The summed E-state index contributed by atoms with van der Waals surface area (Å²) in [5.74, 6) is -0.465. The highest BCUT2D eigenvalue weighted by Crippen LogP contribution is 2.17. The predicted molar refractivity (Wildman–Crippen MR) is 119 cm³/mol. The maximum absolute atomic E-state index is 12.1. The Labute approximate surface area is 183 Å². The Morgan fingerprint density at radius 1 is 0.968 bits per heavy atom. The number of nitrogens with one attached hydrogen (secondary N) is 2. The molecule has 0 aliphatic heterocycles. The van der Waals surface area contributed by atoms with Crippen molar-refractivity contribution in [3.63, 3.8) is 0 Å². The third-order valence-corrected chi connectivity index (χ3v) is 4.50. The summed E-state index contributed by atoms with van der Waals surface area (Å²) in [5, 5.41) is 5.14. The first kappa shape index (κ1) is 23.9. The molecule has 7 heteroatoms. The zero-order valence-corrected chi connectivity index (χ0v) is 18.3. The Morgan fingerprint density at radius 3 is 2.26 bits per heavy atom. The topological polar surface area (TPSA) is 93.7 Å². The summed E-state index contributed by atoms with van der Waals surface area (Å²) in [6.07, 6.45) is 2.01. The number of rotatable bonds is 11. The van der Waals surface area contributed by atoms with E-state index in [1.807, 2.05) is 12.1 Å². The fourth-order valence-electron chi connectivity index (χ4n) is 2.64. The highest BCUT2D eigenvalue weighted by atomic mass is 16.5. The van der Waals surface area contributed by atoms with Crippen LogP contribution in [0.2, 0.25) is 0 Å². The van der Waals surface area contributed by atoms with Crippen LogP contribution in [0.4, 0.5) is 5.69 Å². The second-order valence-corrected chi connectivity index (χ2v) is 7.39. The molecule has 2 N–H and O–H groups in total. The molecule has 7 nitrogen and oxygen atoms in total. The van der Waals surface area contributed by atoms with Crippen LogP contribution in [0.25, 0.3) is 0 Å². The van der Waals surface area contributed by atoms with Crippen molar-refractivity contribution in [3.8, 4) is 5.75 Å². The van der Waals surface area contributed by atoms with Gasteiger partial charge in [0.05, 0.1) is 6.61 Å². The van der Waals surface area contributed by atoms with Crippen LogP contribution in [-0.4, -0.2) is 37.5 Å². The SMILES string of the molecule is CCCCOc1ccc(C(=O)NCC(=O)OCC(=O)Nc2ccc(C(C)C)cc2)cc1. The molecule has 0 aromatic heterocycles. The molecule has 0 heterocycles. The fraction of sp³-hybridized carbons (Fsp3) is 0.375. The number of benzene rings is 2. The van der Waals surface area contributed by atoms with E-state index in [0.29, 0.717) is 29.5 Å². The molecule has 0 atom stereocenters. The van der Waals surface area contributed by atoms with Gasteiger partial charge < -0.3 is 20.1 Å². The van der Waals surface area contributed by atoms with E-state index in [9.17, 15) is 14.4 Å². The van der Waals surface area contributed by atoms with Crippen LogP contribution in [0.3, 0.4) is 0 Å². The molecule has 0 unspecified atom stereocenters. The Kier molecular flexibility index (Phi) is 9.55. The number of carbonyl (C=O) groups is 3. The molecule has 0 bridgehead atoms. The van der Waals surface area contributed by atoms with E-state index < -0.39 is 24.4 Å². The van der Waals surface area contributed by atoms with Gasteiger partial charge in [0, 0.05) is 11.3 Å². The van der Waals surface area contributed by atoms with Gasteiger partial charge in [-0.1, -0.05) is 39.3 Å². The molecule has 0 spiro atoms. The van der Waals surface area contributed by atoms with Crippen LogP contribution in [0.5, 0.6) is 5.75 Å². The van der Waals surface area contributed by atoms with Gasteiger partial charge in [-0.2, -0.15) is 0 Å². The van der Waals surface area contributed by atoms with E-state index >= 15 is 0 Å². The highest BCUT2D eigenvalue weighted by molar-refractivity contribution is 5.96. The van der Waals surface area contributed by atoms with Crippen molar-refractivity contribution in [3.05, 3.63) is 59.7 Å². The number of anilines is 1. The minimum atomic E-state index is -0.696. The molecule has 2 aromatic rings. The van der Waals surface area contributed by atoms with Crippen LogP contribution in [0.15, 0.2) is 48.5 Å². The lowest BCUT2D eigenvalue weighted by Crippen LogP contribution is -2.32. The lowest BCUT2D eigenvalue weighted by molar-refractivity contribution is -0.146. The van der Waals surface area contributed by atoms with Gasteiger partial charge in [0.2, 0.25) is 0 Å². The van der Waals surface area contributed by atoms with E-state index in [-0.39, 0.29) is 6.54 Å². The maximum Gasteiger partial charge on any atom is 0.325 e. The summed E-state index contributed by atoms with van der Waals surface area (Å²) in [5.41, 5.74) is 2.19. The van der Waals surface area contributed by atoms with E-state index in [1.54, 1.807) is 36.4 Å². The largest absolute Gasteiger partial charge is 0.494 e. The number of hydrogen-bond donors (Lipinski definition) is 2. The average molecular weight is 427 g/mol. The van der Waals surface area contributed by atoms with Gasteiger partial charge >= 0.3 is 5.97 Å². The minimum absolute atomic E-state index is 0.329. The van der Waals surface area contributed by atoms with Gasteiger partial charge in [-0.3, -0.25) is 14.4 Å². The number of amides is 2. The Morgan fingerprint density at radius 2 is 1.65 bits per heavy atom. The van der Waals surface area contributed by atoms with Crippen molar-refractivity contribution >= 4 is 23.5 Å². The van der Waals surface area contributed by atoms with Crippen molar-refractivity contribution in [2.75, 3.05) is 25.1 Å². The summed E-state index contributed by atoms with van der Waals surface area (Å²) in [6, 6.07) is 14.1. The minimum Gasteiger partial charge on any atom is -0.494 e. The third kappa shape index (κ3) is 8.50. The molecule has 2 aromatic carbocycles. The van der Waals surface area contributed by atoms with Gasteiger partial charge in [0.15, 0.2) is 6.61 Å². The molecular weight excluding hydrogens is 396 g/mol. The Balaban J connectivity index is 1.69. The third-order valence-electron chi connectivity index (χ3n) is 4.50.